The Labute approximate surface area is 116 Å². The van der Waals surface area contributed by atoms with E-state index in [4.69, 9.17) is 4.74 Å². The van der Waals surface area contributed by atoms with Gasteiger partial charge in [0.1, 0.15) is 5.60 Å². The molecule has 0 atom stereocenters. The molecule has 0 saturated heterocycles. The molecule has 112 valence electrons. The second-order valence-corrected chi connectivity index (χ2v) is 4.96. The van der Waals surface area contributed by atoms with E-state index in [1.165, 1.54) is 24.1 Å². The number of hydrogen-bond acceptors (Lipinski definition) is 4. The molecular formula is C12H18F2N4O2. The summed E-state index contributed by atoms with van der Waals surface area (Å²) in [5.41, 5.74) is -0.791. The molecule has 0 aliphatic rings. The summed E-state index contributed by atoms with van der Waals surface area (Å²) in [7, 11) is 1.39. The topological polar surface area (TPSA) is 59.7 Å². The Kier molecular flexibility index (Phi) is 5.18. The molecule has 0 saturated carbocycles. The van der Waals surface area contributed by atoms with Crippen LogP contribution in [-0.2, 0) is 4.74 Å². The van der Waals surface area contributed by atoms with Crippen LogP contribution in [0.5, 0.6) is 0 Å². The Balaban J connectivity index is 3.02. The van der Waals surface area contributed by atoms with Crippen molar-refractivity contribution in [3.05, 3.63) is 18.5 Å². The predicted molar refractivity (Wildman–Crippen MR) is 69.9 cm³/mol. The normalized spacial score (nSPS) is 12.7. The number of ether oxygens (including phenoxy) is 1. The molecule has 20 heavy (non-hydrogen) atoms. The number of hydrogen-bond donors (Lipinski definition) is 0. The summed E-state index contributed by atoms with van der Waals surface area (Å²) < 4.78 is 31.7. The van der Waals surface area contributed by atoms with Crippen LogP contribution < -0.4 is 0 Å². The van der Waals surface area contributed by atoms with Gasteiger partial charge in [-0.1, -0.05) is 0 Å². The zero-order chi connectivity index (χ0) is 15.3. The molecule has 0 spiro atoms. The number of rotatable bonds is 2. The van der Waals surface area contributed by atoms with Crippen LogP contribution in [0, 0.1) is 0 Å². The fourth-order valence-electron chi connectivity index (χ4n) is 1.43. The second-order valence-electron chi connectivity index (χ2n) is 4.96. The highest BCUT2D eigenvalue weighted by Gasteiger charge is 2.29. The smallest absolute Gasteiger partial charge is 0.417 e. The van der Waals surface area contributed by atoms with Crippen LogP contribution in [0.25, 0.3) is 0 Å². The van der Waals surface area contributed by atoms with Gasteiger partial charge in [0, 0.05) is 19.4 Å². The molecule has 8 heteroatoms. The number of halogens is 2. The summed E-state index contributed by atoms with van der Waals surface area (Å²) in [6.45, 7) is 4.15. The van der Waals surface area contributed by atoms with Crippen LogP contribution in [0.4, 0.5) is 13.6 Å². The summed E-state index contributed by atoms with van der Waals surface area (Å²) in [6.07, 6.45) is -0.643. The van der Waals surface area contributed by atoms with Crippen LogP contribution in [0.3, 0.4) is 0 Å². The van der Waals surface area contributed by atoms with E-state index in [0.717, 1.165) is 4.90 Å². The van der Waals surface area contributed by atoms with E-state index in [1.807, 2.05) is 0 Å². The molecule has 1 aromatic heterocycles. The van der Waals surface area contributed by atoms with Crippen molar-refractivity contribution in [3.8, 4) is 0 Å². The highest BCUT2D eigenvalue weighted by Crippen LogP contribution is 2.12. The largest absolute Gasteiger partial charge is 0.443 e. The maximum Gasteiger partial charge on any atom is 0.417 e. The summed E-state index contributed by atoms with van der Waals surface area (Å²) in [6, 6.07) is 1.60. The lowest BCUT2D eigenvalue weighted by atomic mass is 10.2. The molecule has 0 fully saturated rings. The first-order valence-corrected chi connectivity index (χ1v) is 6.00. The fourth-order valence-corrected chi connectivity index (χ4v) is 1.43. The molecule has 0 bridgehead atoms. The lowest BCUT2D eigenvalue weighted by molar-refractivity contribution is 0.0253. The van der Waals surface area contributed by atoms with Crippen molar-refractivity contribution in [2.75, 3.05) is 13.6 Å². The maximum atomic E-state index is 12.7. The van der Waals surface area contributed by atoms with Gasteiger partial charge >= 0.3 is 6.09 Å². The molecule has 0 radical (unpaired) electrons. The SMILES string of the molecule is CN=C(N(CC(F)F)C(=O)OC(C)(C)C)n1cccn1. The van der Waals surface area contributed by atoms with Gasteiger partial charge in [0.2, 0.25) is 5.96 Å². The summed E-state index contributed by atoms with van der Waals surface area (Å²) in [5.74, 6) is -0.0236. The third kappa shape index (κ3) is 4.60. The van der Waals surface area contributed by atoms with Crippen molar-refractivity contribution in [2.24, 2.45) is 4.99 Å². The van der Waals surface area contributed by atoms with Crippen LogP contribution in [-0.4, -0.2) is 52.4 Å². The number of amides is 1. The van der Waals surface area contributed by atoms with Crippen molar-refractivity contribution < 1.29 is 18.3 Å². The lowest BCUT2D eigenvalue weighted by Gasteiger charge is -2.27. The average Bonchev–Trinajstić information content (AvgIpc) is 2.79. The van der Waals surface area contributed by atoms with Crippen LogP contribution >= 0.6 is 0 Å². The molecule has 0 aromatic carbocycles. The van der Waals surface area contributed by atoms with E-state index in [-0.39, 0.29) is 5.96 Å². The quantitative estimate of drug-likeness (QED) is 0.619. The Bertz CT molecular complexity index is 466. The molecule has 1 amide bonds. The van der Waals surface area contributed by atoms with Crippen LogP contribution in [0.2, 0.25) is 0 Å². The average molecular weight is 288 g/mol. The Morgan fingerprint density at radius 3 is 2.55 bits per heavy atom. The number of nitrogens with zero attached hydrogens (tertiary/aromatic N) is 4. The molecule has 0 aliphatic carbocycles. The summed E-state index contributed by atoms with van der Waals surface area (Å²) in [4.78, 5) is 16.6. The van der Waals surface area contributed by atoms with Gasteiger partial charge in [-0.15, -0.1) is 0 Å². The number of carbonyl (C=O) groups excluding carboxylic acids is 1. The van der Waals surface area contributed by atoms with Gasteiger partial charge in [0.05, 0.1) is 6.54 Å². The first kappa shape index (κ1) is 16.1. The number of aromatic nitrogens is 2. The third-order valence-electron chi connectivity index (χ3n) is 2.09. The van der Waals surface area contributed by atoms with E-state index in [0.29, 0.717) is 0 Å². The molecule has 0 aliphatic heterocycles. The maximum absolute atomic E-state index is 12.7. The highest BCUT2D eigenvalue weighted by molar-refractivity contribution is 5.95. The van der Waals surface area contributed by atoms with Crippen molar-refractivity contribution in [1.29, 1.82) is 0 Å². The zero-order valence-corrected chi connectivity index (χ0v) is 11.9. The van der Waals surface area contributed by atoms with E-state index in [1.54, 1.807) is 26.8 Å². The molecule has 1 rings (SSSR count). The van der Waals surface area contributed by atoms with Gasteiger partial charge in [-0.25, -0.2) is 23.2 Å². The minimum absolute atomic E-state index is 0.0236. The van der Waals surface area contributed by atoms with E-state index in [2.05, 4.69) is 10.1 Å². The standard InChI is InChI=1S/C12H18F2N4O2/c1-12(2,3)20-11(19)17(8-9(13)14)10(15-4)18-7-5-6-16-18/h5-7,9H,8H2,1-4H3. The summed E-state index contributed by atoms with van der Waals surface area (Å²) >= 11 is 0. The van der Waals surface area contributed by atoms with Crippen molar-refractivity contribution >= 4 is 12.1 Å². The van der Waals surface area contributed by atoms with Gasteiger partial charge in [-0.2, -0.15) is 5.10 Å². The molecule has 1 aromatic rings. The Morgan fingerprint density at radius 1 is 1.50 bits per heavy atom. The third-order valence-corrected chi connectivity index (χ3v) is 2.09. The lowest BCUT2D eigenvalue weighted by Crippen LogP contribution is -2.46. The molecule has 0 N–H and O–H groups in total. The van der Waals surface area contributed by atoms with Gasteiger partial charge < -0.3 is 4.74 Å². The monoisotopic (exact) mass is 288 g/mol. The van der Waals surface area contributed by atoms with Crippen LogP contribution in [0.15, 0.2) is 23.5 Å². The molecular weight excluding hydrogens is 270 g/mol. The van der Waals surface area contributed by atoms with E-state index < -0.39 is 24.7 Å². The van der Waals surface area contributed by atoms with Gasteiger partial charge in [0.25, 0.3) is 6.43 Å². The molecule has 0 unspecified atom stereocenters. The van der Waals surface area contributed by atoms with Gasteiger partial charge in [-0.05, 0) is 26.8 Å². The Morgan fingerprint density at radius 2 is 2.15 bits per heavy atom. The van der Waals surface area contributed by atoms with E-state index in [9.17, 15) is 13.6 Å². The van der Waals surface area contributed by atoms with Crippen molar-refractivity contribution in [3.63, 3.8) is 0 Å². The van der Waals surface area contributed by atoms with Gasteiger partial charge in [0.15, 0.2) is 0 Å². The number of alkyl halides is 2. The van der Waals surface area contributed by atoms with E-state index >= 15 is 0 Å². The minimum Gasteiger partial charge on any atom is -0.443 e. The highest BCUT2D eigenvalue weighted by atomic mass is 19.3. The minimum atomic E-state index is -2.71. The molecule has 1 heterocycles. The Hall–Kier alpha value is -1.99. The fraction of sp³-hybridized carbons (Fsp3) is 0.583. The number of aliphatic imine (C=N–C) groups is 1. The van der Waals surface area contributed by atoms with Crippen molar-refractivity contribution in [1.82, 2.24) is 14.7 Å². The summed E-state index contributed by atoms with van der Waals surface area (Å²) in [5, 5.41) is 3.89. The first-order valence-electron chi connectivity index (χ1n) is 6.00. The van der Waals surface area contributed by atoms with Crippen LogP contribution in [0.1, 0.15) is 20.8 Å². The number of carbonyl (C=O) groups is 1. The first-order chi connectivity index (χ1) is 9.24. The molecule has 6 nitrogen and oxygen atoms in total. The second kappa shape index (κ2) is 6.44. The van der Waals surface area contributed by atoms with Crippen molar-refractivity contribution in [2.45, 2.75) is 32.8 Å². The zero-order valence-electron chi connectivity index (χ0n) is 11.9. The van der Waals surface area contributed by atoms with Gasteiger partial charge in [-0.3, -0.25) is 4.99 Å². The predicted octanol–water partition coefficient (Wildman–Crippen LogP) is 2.22.